The molecule has 0 saturated heterocycles. The predicted octanol–water partition coefficient (Wildman–Crippen LogP) is 3.77. The maximum Gasteiger partial charge on any atom is 0.279 e. The molecule has 0 aliphatic heterocycles. The van der Waals surface area contributed by atoms with Crippen LogP contribution in [0.4, 0.5) is 0 Å². The van der Waals surface area contributed by atoms with Crippen molar-refractivity contribution in [3.05, 3.63) is 51.7 Å². The molecule has 1 atom stereocenters. The second-order valence-electron chi connectivity index (χ2n) is 6.40. The maximum atomic E-state index is 12.3. The van der Waals surface area contributed by atoms with Gasteiger partial charge in [-0.05, 0) is 61.2 Å². The van der Waals surface area contributed by atoms with Gasteiger partial charge in [0.1, 0.15) is 0 Å². The highest BCUT2D eigenvalue weighted by atomic mass is 32.2. The van der Waals surface area contributed by atoms with Crippen molar-refractivity contribution in [3.63, 3.8) is 0 Å². The second-order valence-corrected chi connectivity index (χ2v) is 9.12. The fourth-order valence-electron chi connectivity index (χ4n) is 2.89. The largest absolute Gasteiger partial charge is 0.361 e. The Hall–Kier alpha value is -1.57. The molecule has 4 nitrogen and oxygen atoms in total. The first-order valence-corrected chi connectivity index (χ1v) is 11.0. The van der Waals surface area contributed by atoms with E-state index in [1.807, 2.05) is 24.3 Å². The lowest BCUT2D eigenvalue weighted by molar-refractivity contribution is 0.0947. The van der Waals surface area contributed by atoms with Crippen LogP contribution < -0.4 is 16.2 Å². The normalized spacial score (nSPS) is 15.8. The first kappa shape index (κ1) is 19.2. The summed E-state index contributed by atoms with van der Waals surface area (Å²) in [6.45, 7) is 2.99. The number of carbonyl (C=O) groups excluding carboxylic acids is 1. The van der Waals surface area contributed by atoms with E-state index in [1.54, 1.807) is 23.1 Å². The Morgan fingerprint density at radius 1 is 1.31 bits per heavy atom. The van der Waals surface area contributed by atoms with E-state index in [0.717, 1.165) is 30.0 Å². The number of aryl methyl sites for hydroxylation is 1. The fourth-order valence-corrected chi connectivity index (χ4v) is 4.93. The Bertz CT molecular complexity index is 761. The molecule has 1 unspecified atom stereocenters. The monoisotopic (exact) mass is 405 g/mol. The van der Waals surface area contributed by atoms with Crippen LogP contribution in [0.1, 0.15) is 33.5 Å². The average Bonchev–Trinajstić information content (AvgIpc) is 3.07. The Balaban J connectivity index is 1.37. The molecule has 0 bridgehead atoms. The summed E-state index contributed by atoms with van der Waals surface area (Å²) in [5.74, 6) is 1.48. The van der Waals surface area contributed by atoms with E-state index >= 15 is 0 Å². The molecule has 0 radical (unpaired) electrons. The van der Waals surface area contributed by atoms with Crippen molar-refractivity contribution in [2.45, 2.75) is 31.1 Å². The van der Waals surface area contributed by atoms with Crippen molar-refractivity contribution < 1.29 is 4.79 Å². The molecule has 7 heteroatoms. The van der Waals surface area contributed by atoms with Crippen molar-refractivity contribution >= 4 is 46.3 Å². The van der Waals surface area contributed by atoms with Crippen LogP contribution >= 0.6 is 35.3 Å². The van der Waals surface area contributed by atoms with Gasteiger partial charge < -0.3 is 5.32 Å². The lowest BCUT2D eigenvalue weighted by atomic mass is 9.90. The predicted molar refractivity (Wildman–Crippen MR) is 114 cm³/mol. The van der Waals surface area contributed by atoms with Crippen LogP contribution in [-0.2, 0) is 12.8 Å². The SMILES string of the molecule is CC1CCc2sc(C(=O)NNC(=S)NCCSc3ccccc3)cc2C1. The Kier molecular flexibility index (Phi) is 6.93. The van der Waals surface area contributed by atoms with Crippen LogP contribution in [-0.4, -0.2) is 23.3 Å². The van der Waals surface area contributed by atoms with Gasteiger partial charge in [0.2, 0.25) is 0 Å². The summed E-state index contributed by atoms with van der Waals surface area (Å²) in [5, 5.41) is 3.54. The van der Waals surface area contributed by atoms with Gasteiger partial charge >= 0.3 is 0 Å². The molecule has 1 amide bonds. The van der Waals surface area contributed by atoms with Gasteiger partial charge in [0, 0.05) is 22.1 Å². The zero-order chi connectivity index (χ0) is 18.4. The van der Waals surface area contributed by atoms with Gasteiger partial charge in [0.25, 0.3) is 5.91 Å². The number of thiocarbonyl (C=S) groups is 1. The van der Waals surface area contributed by atoms with E-state index in [9.17, 15) is 4.79 Å². The maximum absolute atomic E-state index is 12.3. The molecule has 2 aromatic rings. The molecule has 1 aromatic carbocycles. The highest BCUT2D eigenvalue weighted by Crippen LogP contribution is 2.32. The number of amides is 1. The van der Waals surface area contributed by atoms with Gasteiger partial charge in [-0.2, -0.15) is 0 Å². The van der Waals surface area contributed by atoms with Crippen LogP contribution in [0.25, 0.3) is 0 Å². The summed E-state index contributed by atoms with van der Waals surface area (Å²) in [6.07, 6.45) is 3.37. The van der Waals surface area contributed by atoms with E-state index < -0.39 is 0 Å². The number of nitrogens with one attached hydrogen (secondary N) is 3. The van der Waals surface area contributed by atoms with Gasteiger partial charge in [0.15, 0.2) is 5.11 Å². The number of hydrogen-bond acceptors (Lipinski definition) is 4. The minimum Gasteiger partial charge on any atom is -0.361 e. The molecule has 1 aromatic heterocycles. The molecule has 26 heavy (non-hydrogen) atoms. The van der Waals surface area contributed by atoms with Gasteiger partial charge in [-0.25, -0.2) is 0 Å². The molecular weight excluding hydrogens is 382 g/mol. The van der Waals surface area contributed by atoms with Gasteiger partial charge in [0.05, 0.1) is 4.88 Å². The molecule has 0 spiro atoms. The number of benzene rings is 1. The number of hydrazine groups is 1. The third-order valence-corrected chi connectivity index (χ3v) is 6.74. The van der Waals surface area contributed by atoms with Crippen molar-refractivity contribution in [2.24, 2.45) is 5.92 Å². The first-order valence-electron chi connectivity index (χ1n) is 8.75. The first-order chi connectivity index (χ1) is 12.6. The van der Waals surface area contributed by atoms with Gasteiger partial charge in [-0.15, -0.1) is 23.1 Å². The van der Waals surface area contributed by atoms with E-state index in [2.05, 4.69) is 35.2 Å². The van der Waals surface area contributed by atoms with Gasteiger partial charge in [-0.1, -0.05) is 25.1 Å². The highest BCUT2D eigenvalue weighted by molar-refractivity contribution is 7.99. The molecule has 0 fully saturated rings. The summed E-state index contributed by atoms with van der Waals surface area (Å²) in [6, 6.07) is 12.3. The third kappa shape index (κ3) is 5.46. The number of fused-ring (bicyclic) bond motifs is 1. The Morgan fingerprint density at radius 3 is 2.92 bits per heavy atom. The van der Waals surface area contributed by atoms with Crippen molar-refractivity contribution in [1.82, 2.24) is 16.2 Å². The zero-order valence-corrected chi connectivity index (χ0v) is 17.2. The second kappa shape index (κ2) is 9.39. The van der Waals surface area contributed by atoms with E-state index in [0.29, 0.717) is 11.0 Å². The standard InChI is InChI=1S/C19H23N3OS3/c1-13-7-8-16-14(11-13)12-17(26-16)18(23)21-22-19(24)20-9-10-25-15-5-3-2-4-6-15/h2-6,12-13H,7-11H2,1H3,(H,21,23)(H2,20,22,24). The number of rotatable bonds is 5. The third-order valence-electron chi connectivity index (χ3n) is 4.24. The number of thiophene rings is 1. The van der Waals surface area contributed by atoms with Crippen LogP contribution in [0.5, 0.6) is 0 Å². The Labute approximate surface area is 168 Å². The minimum absolute atomic E-state index is 0.125. The summed E-state index contributed by atoms with van der Waals surface area (Å²) in [5.41, 5.74) is 6.81. The van der Waals surface area contributed by atoms with Crippen LogP contribution in [0, 0.1) is 5.92 Å². The van der Waals surface area contributed by atoms with Crippen LogP contribution in [0.3, 0.4) is 0 Å². The van der Waals surface area contributed by atoms with E-state index in [4.69, 9.17) is 12.2 Å². The molecule has 138 valence electrons. The number of thioether (sulfide) groups is 1. The van der Waals surface area contributed by atoms with Crippen LogP contribution in [0.15, 0.2) is 41.3 Å². The number of carbonyl (C=O) groups is 1. The molecule has 3 N–H and O–H groups in total. The summed E-state index contributed by atoms with van der Waals surface area (Å²) < 4.78 is 0. The summed E-state index contributed by atoms with van der Waals surface area (Å²) in [4.78, 5) is 15.6. The lowest BCUT2D eigenvalue weighted by Gasteiger charge is -2.16. The lowest BCUT2D eigenvalue weighted by Crippen LogP contribution is -2.47. The molecule has 3 rings (SSSR count). The van der Waals surface area contributed by atoms with E-state index in [-0.39, 0.29) is 5.91 Å². The molecule has 1 aliphatic carbocycles. The van der Waals surface area contributed by atoms with Crippen molar-refractivity contribution in [1.29, 1.82) is 0 Å². The molecule has 1 heterocycles. The highest BCUT2D eigenvalue weighted by Gasteiger charge is 2.20. The minimum atomic E-state index is -0.125. The smallest absolute Gasteiger partial charge is 0.279 e. The quantitative estimate of drug-likeness (QED) is 0.306. The van der Waals surface area contributed by atoms with Crippen molar-refractivity contribution in [3.8, 4) is 0 Å². The number of hydrogen-bond donors (Lipinski definition) is 3. The van der Waals surface area contributed by atoms with Crippen molar-refractivity contribution in [2.75, 3.05) is 12.3 Å². The van der Waals surface area contributed by atoms with E-state index in [1.165, 1.54) is 21.8 Å². The van der Waals surface area contributed by atoms with Crippen LogP contribution in [0.2, 0.25) is 0 Å². The fraction of sp³-hybridized carbons (Fsp3) is 0.368. The summed E-state index contributed by atoms with van der Waals surface area (Å²) in [7, 11) is 0. The zero-order valence-electron chi connectivity index (χ0n) is 14.7. The topological polar surface area (TPSA) is 53.2 Å². The molecule has 1 aliphatic rings. The Morgan fingerprint density at radius 2 is 2.12 bits per heavy atom. The average molecular weight is 406 g/mol. The van der Waals surface area contributed by atoms with Gasteiger partial charge in [-0.3, -0.25) is 15.6 Å². The molecule has 0 saturated carbocycles. The molecular formula is C19H23N3OS3. The summed E-state index contributed by atoms with van der Waals surface area (Å²) >= 11 is 8.57.